The molecule has 4 nitrogen and oxygen atoms in total. The molecule has 4 heteroatoms. The van der Waals surface area contributed by atoms with Gasteiger partial charge in [0, 0.05) is 20.1 Å². The van der Waals surface area contributed by atoms with E-state index in [9.17, 15) is 4.79 Å². The molecule has 0 bridgehead atoms. The lowest BCUT2D eigenvalue weighted by atomic mass is 10.1. The molecular weight excluding hydrogens is 322 g/mol. The van der Waals surface area contributed by atoms with Gasteiger partial charge in [-0.25, -0.2) is 0 Å². The summed E-state index contributed by atoms with van der Waals surface area (Å²) in [7, 11) is 6.06. The average Bonchev–Trinajstić information content (AvgIpc) is 2.75. The van der Waals surface area contributed by atoms with Gasteiger partial charge in [-0.2, -0.15) is 0 Å². The molecule has 2 aromatic rings. The van der Waals surface area contributed by atoms with Crippen molar-refractivity contribution in [2.75, 3.05) is 44.0 Å². The van der Waals surface area contributed by atoms with Crippen LogP contribution in [0.3, 0.4) is 0 Å². The second-order valence-electron chi connectivity index (χ2n) is 6.49. The van der Waals surface area contributed by atoms with Gasteiger partial charge < -0.3 is 14.7 Å². The smallest absolute Gasteiger partial charge is 0.260 e. The van der Waals surface area contributed by atoms with Gasteiger partial charge in [-0.1, -0.05) is 36.4 Å². The lowest BCUT2D eigenvalue weighted by molar-refractivity contribution is 0.0986. The summed E-state index contributed by atoms with van der Waals surface area (Å²) in [5.41, 5.74) is 3.72. The molecule has 0 aromatic heterocycles. The second kappa shape index (κ2) is 9.20. The number of hydrogen-bond acceptors (Lipinski definition) is 3. The van der Waals surface area contributed by atoms with Crippen LogP contribution in [0.25, 0.3) is 0 Å². The number of nitrogens with zero attached hydrogens (tertiary/aromatic N) is 3. The molecule has 3 rings (SSSR count). The van der Waals surface area contributed by atoms with Gasteiger partial charge in [0.1, 0.15) is 0 Å². The maximum Gasteiger partial charge on any atom is 0.260 e. The monoisotopic (exact) mass is 351 g/mol. The Morgan fingerprint density at radius 3 is 2.00 bits per heavy atom. The van der Waals surface area contributed by atoms with E-state index in [-0.39, 0.29) is 5.91 Å². The van der Waals surface area contributed by atoms with E-state index >= 15 is 0 Å². The highest BCUT2D eigenvalue weighted by atomic mass is 16.2. The van der Waals surface area contributed by atoms with Crippen LogP contribution in [0.15, 0.2) is 60.7 Å². The van der Waals surface area contributed by atoms with Crippen molar-refractivity contribution in [3.05, 3.63) is 66.2 Å². The molecule has 0 saturated carbocycles. The van der Waals surface area contributed by atoms with E-state index in [1.807, 2.05) is 94.5 Å². The van der Waals surface area contributed by atoms with Gasteiger partial charge in [-0.05, 0) is 52.2 Å². The minimum absolute atomic E-state index is 0.0641. The number of fused-ring (bicyclic) bond motifs is 2. The average molecular weight is 351 g/mol. The largest absolute Gasteiger partial charge is 0.342 e. The zero-order valence-corrected chi connectivity index (χ0v) is 16.4. The van der Waals surface area contributed by atoms with Gasteiger partial charge in [-0.3, -0.25) is 4.79 Å². The Hall–Kier alpha value is -2.59. The quantitative estimate of drug-likeness (QED) is 0.759. The third kappa shape index (κ3) is 4.33. The number of para-hydroxylation sites is 3. The molecule has 1 aliphatic heterocycles. The van der Waals surface area contributed by atoms with Gasteiger partial charge in [0.25, 0.3) is 5.91 Å². The zero-order valence-electron chi connectivity index (χ0n) is 16.4. The van der Waals surface area contributed by atoms with Crippen molar-refractivity contribution in [2.45, 2.75) is 13.8 Å². The van der Waals surface area contributed by atoms with E-state index in [1.165, 1.54) is 0 Å². The number of amides is 1. The summed E-state index contributed by atoms with van der Waals surface area (Å²) in [4.78, 5) is 19.1. The molecule has 0 spiro atoms. The van der Waals surface area contributed by atoms with Gasteiger partial charge in [0.05, 0.1) is 22.6 Å². The predicted molar refractivity (Wildman–Crippen MR) is 112 cm³/mol. The first-order valence-electron chi connectivity index (χ1n) is 8.97. The van der Waals surface area contributed by atoms with Gasteiger partial charge >= 0.3 is 0 Å². The molecule has 1 amide bonds. The van der Waals surface area contributed by atoms with Crippen LogP contribution < -0.4 is 9.80 Å². The maximum absolute atomic E-state index is 13.0. The number of likely N-dealkylation sites (N-methyl/N-ethyl adjacent to an activating group) is 1. The van der Waals surface area contributed by atoms with Crippen molar-refractivity contribution in [3.8, 4) is 0 Å². The van der Waals surface area contributed by atoms with Crippen molar-refractivity contribution < 1.29 is 4.79 Å². The second-order valence-corrected chi connectivity index (χ2v) is 6.49. The molecule has 26 heavy (non-hydrogen) atoms. The van der Waals surface area contributed by atoms with Crippen LogP contribution in [0, 0.1) is 0 Å². The number of benzene rings is 2. The molecule has 1 heterocycles. The van der Waals surface area contributed by atoms with Crippen molar-refractivity contribution in [2.24, 2.45) is 0 Å². The van der Waals surface area contributed by atoms with Crippen molar-refractivity contribution >= 4 is 23.0 Å². The topological polar surface area (TPSA) is 26.8 Å². The Bertz CT molecular complexity index is 763. The minimum Gasteiger partial charge on any atom is -0.342 e. The highest BCUT2D eigenvalue weighted by Gasteiger charge is 2.28. The highest BCUT2D eigenvalue weighted by molar-refractivity contribution is 6.13. The molecular formula is C22H29N3O. The molecule has 2 aromatic carbocycles. The molecule has 138 valence electrons. The summed E-state index contributed by atoms with van der Waals surface area (Å²) in [5.74, 6) is 0.0641. The Morgan fingerprint density at radius 2 is 1.42 bits per heavy atom. The van der Waals surface area contributed by atoms with E-state index < -0.39 is 0 Å². The summed E-state index contributed by atoms with van der Waals surface area (Å²) in [6.07, 6.45) is 4.00. The van der Waals surface area contributed by atoms with Crippen LogP contribution in [-0.4, -0.2) is 45.0 Å². The molecule has 0 aliphatic carbocycles. The normalized spacial score (nSPS) is 13.2. The number of carbonyl (C=O) groups is 1. The van der Waals surface area contributed by atoms with Gasteiger partial charge in [0.15, 0.2) is 0 Å². The lowest BCUT2D eigenvalue weighted by Crippen LogP contribution is -2.36. The number of hydrogen-bond donors (Lipinski definition) is 0. The van der Waals surface area contributed by atoms with E-state index in [2.05, 4.69) is 15.9 Å². The van der Waals surface area contributed by atoms with Crippen molar-refractivity contribution in [3.63, 3.8) is 0 Å². The summed E-state index contributed by atoms with van der Waals surface area (Å²) in [6, 6.07) is 15.9. The zero-order chi connectivity index (χ0) is 19.1. The van der Waals surface area contributed by atoms with Crippen molar-refractivity contribution in [1.29, 1.82) is 0 Å². The first-order chi connectivity index (χ1) is 12.5. The summed E-state index contributed by atoms with van der Waals surface area (Å²) < 4.78 is 0. The summed E-state index contributed by atoms with van der Waals surface area (Å²) >= 11 is 0. The van der Waals surface area contributed by atoms with Gasteiger partial charge in [-0.15, -0.1) is 0 Å². The minimum atomic E-state index is 0.0641. The first kappa shape index (κ1) is 19.7. The van der Waals surface area contributed by atoms with E-state index in [0.717, 1.165) is 29.2 Å². The van der Waals surface area contributed by atoms with E-state index in [0.29, 0.717) is 6.54 Å². The standard InChI is InChI=1S/C18H21N3O.C4H8/c1-19(2)12-13-21-17-11-7-6-10-16(17)20(3)15-9-5-4-8-14(15)18(21)22;1-3-4-2/h4-11H,12-13H2,1-3H3;3-4H,1-2H3/b;4-3-. The Labute approximate surface area is 157 Å². The van der Waals surface area contributed by atoms with E-state index in [4.69, 9.17) is 0 Å². The summed E-state index contributed by atoms with van der Waals surface area (Å²) in [6.45, 7) is 5.50. The first-order valence-corrected chi connectivity index (χ1v) is 8.97. The third-order valence-corrected chi connectivity index (χ3v) is 4.38. The van der Waals surface area contributed by atoms with Crippen LogP contribution in [-0.2, 0) is 0 Å². The Kier molecular flexibility index (Phi) is 6.98. The SMILES string of the molecule is C/C=C\C.CN(C)CCN1C(=O)c2ccccc2N(C)c2ccccc21. The number of rotatable bonds is 3. The highest BCUT2D eigenvalue weighted by Crippen LogP contribution is 2.39. The van der Waals surface area contributed by atoms with Crippen LogP contribution in [0.2, 0.25) is 0 Å². The summed E-state index contributed by atoms with van der Waals surface area (Å²) in [5, 5.41) is 0. The molecule has 0 unspecified atom stereocenters. The van der Waals surface area contributed by atoms with Crippen LogP contribution in [0.5, 0.6) is 0 Å². The lowest BCUT2D eigenvalue weighted by Gasteiger charge is -2.25. The maximum atomic E-state index is 13.0. The molecule has 0 N–H and O–H groups in total. The molecule has 0 fully saturated rings. The van der Waals surface area contributed by atoms with Gasteiger partial charge in [0.2, 0.25) is 0 Å². The number of anilines is 3. The number of carbonyl (C=O) groups excluding carboxylic acids is 1. The molecule has 1 aliphatic rings. The predicted octanol–water partition coefficient (Wildman–Crippen LogP) is 4.56. The molecule has 0 radical (unpaired) electrons. The van der Waals surface area contributed by atoms with E-state index in [1.54, 1.807) is 0 Å². The number of allylic oxidation sites excluding steroid dienone is 2. The Morgan fingerprint density at radius 1 is 0.885 bits per heavy atom. The van der Waals surface area contributed by atoms with Crippen molar-refractivity contribution in [1.82, 2.24) is 4.90 Å². The van der Waals surface area contributed by atoms with Crippen LogP contribution in [0.4, 0.5) is 17.1 Å². The Balaban J connectivity index is 0.000000552. The fourth-order valence-corrected chi connectivity index (χ4v) is 2.83. The fourth-order valence-electron chi connectivity index (χ4n) is 2.83. The molecule has 0 saturated heterocycles. The molecule has 0 atom stereocenters. The van der Waals surface area contributed by atoms with Crippen LogP contribution >= 0.6 is 0 Å². The van der Waals surface area contributed by atoms with Crippen LogP contribution in [0.1, 0.15) is 24.2 Å². The fraction of sp³-hybridized carbons (Fsp3) is 0.318. The third-order valence-electron chi connectivity index (χ3n) is 4.38.